The number of aliphatic carboxylic acids is 1. The number of hydrogen-bond donors (Lipinski definition) is 1. The third kappa shape index (κ3) is 4.73. The first-order chi connectivity index (χ1) is 5.79. The van der Waals surface area contributed by atoms with Crippen LogP contribution >= 0.6 is 0 Å². The second-order valence-corrected chi connectivity index (χ2v) is 2.71. The van der Waals surface area contributed by atoms with Crippen LogP contribution in [0.3, 0.4) is 0 Å². The van der Waals surface area contributed by atoms with Gasteiger partial charge in [0.25, 0.3) is 0 Å². The van der Waals surface area contributed by atoms with Gasteiger partial charge in [0.05, 0.1) is 18.9 Å². The van der Waals surface area contributed by atoms with Crippen molar-refractivity contribution in [1.29, 1.82) is 0 Å². The first kappa shape index (κ1) is 9.06. The van der Waals surface area contributed by atoms with Gasteiger partial charge in [-0.05, 0) is 6.42 Å². The van der Waals surface area contributed by atoms with Crippen molar-refractivity contribution in [3.05, 3.63) is 12.3 Å². The van der Waals surface area contributed by atoms with Gasteiger partial charge in [-0.1, -0.05) is 0 Å². The Morgan fingerprint density at radius 1 is 1.58 bits per heavy atom. The predicted molar refractivity (Wildman–Crippen MR) is 43.8 cm³/mol. The van der Waals surface area contributed by atoms with E-state index in [0.29, 0.717) is 6.61 Å². The third-order valence-corrected chi connectivity index (χ3v) is 1.58. The van der Waals surface area contributed by atoms with Crippen LogP contribution in [0.4, 0.5) is 0 Å². The van der Waals surface area contributed by atoms with Crippen LogP contribution in [-0.4, -0.2) is 42.2 Å². The Bertz CT molecular complexity index is 175. The van der Waals surface area contributed by atoms with Gasteiger partial charge in [-0.25, -0.2) is 4.79 Å². The van der Waals surface area contributed by atoms with Crippen LogP contribution in [0.5, 0.6) is 0 Å². The molecule has 0 unspecified atom stereocenters. The van der Waals surface area contributed by atoms with Gasteiger partial charge < -0.3 is 14.7 Å². The van der Waals surface area contributed by atoms with E-state index in [1.54, 1.807) is 0 Å². The lowest BCUT2D eigenvalue weighted by Crippen LogP contribution is -2.02. The Balaban J connectivity index is 1.84. The molecule has 0 aromatic heterocycles. The number of rotatable bonds is 6. The van der Waals surface area contributed by atoms with Gasteiger partial charge >= 0.3 is 5.97 Å². The van der Waals surface area contributed by atoms with Crippen LogP contribution in [0.15, 0.2) is 12.3 Å². The number of carboxylic acid groups (broad SMARTS) is 1. The van der Waals surface area contributed by atoms with Gasteiger partial charge in [0.1, 0.15) is 0 Å². The Labute approximate surface area is 71.4 Å². The average molecular weight is 171 g/mol. The zero-order chi connectivity index (χ0) is 8.81. The van der Waals surface area contributed by atoms with Crippen molar-refractivity contribution in [1.82, 2.24) is 4.90 Å². The van der Waals surface area contributed by atoms with E-state index in [1.807, 2.05) is 0 Å². The maximum absolute atomic E-state index is 9.98. The molecule has 4 heteroatoms. The Morgan fingerprint density at radius 2 is 2.33 bits per heavy atom. The lowest BCUT2D eigenvalue weighted by atomic mass is 10.4. The summed E-state index contributed by atoms with van der Waals surface area (Å²) in [4.78, 5) is 12.3. The molecule has 0 saturated carbocycles. The van der Waals surface area contributed by atoms with Crippen LogP contribution in [0.1, 0.15) is 6.42 Å². The zero-order valence-electron chi connectivity index (χ0n) is 6.90. The molecule has 0 aliphatic carbocycles. The van der Waals surface area contributed by atoms with E-state index >= 15 is 0 Å². The number of carboxylic acids is 1. The topological polar surface area (TPSA) is 49.5 Å². The van der Waals surface area contributed by atoms with E-state index in [2.05, 4.69) is 4.90 Å². The van der Waals surface area contributed by atoms with E-state index in [1.165, 1.54) is 19.4 Å². The molecule has 1 rings (SSSR count). The summed E-state index contributed by atoms with van der Waals surface area (Å²) in [6.07, 6.45) is 3.19. The van der Waals surface area contributed by atoms with E-state index in [-0.39, 0.29) is 0 Å². The van der Waals surface area contributed by atoms with Gasteiger partial charge in [-0.15, -0.1) is 0 Å². The third-order valence-electron chi connectivity index (χ3n) is 1.58. The fourth-order valence-electron chi connectivity index (χ4n) is 0.840. The van der Waals surface area contributed by atoms with Crippen molar-refractivity contribution in [2.45, 2.75) is 6.42 Å². The monoisotopic (exact) mass is 171 g/mol. The van der Waals surface area contributed by atoms with Crippen molar-refractivity contribution >= 4 is 5.97 Å². The highest BCUT2D eigenvalue weighted by Gasteiger charge is 2.15. The molecule has 0 atom stereocenters. The number of ether oxygens (including phenoxy) is 1. The second-order valence-electron chi connectivity index (χ2n) is 2.71. The predicted octanol–water partition coefficient (Wildman–Crippen LogP) is 0.307. The molecule has 0 aromatic carbocycles. The van der Waals surface area contributed by atoms with E-state index in [9.17, 15) is 4.79 Å². The molecular formula is C8H13NO3. The molecule has 0 amide bonds. The molecule has 1 aliphatic heterocycles. The van der Waals surface area contributed by atoms with Gasteiger partial charge in [-0.3, -0.25) is 0 Å². The molecular weight excluding hydrogens is 158 g/mol. The summed E-state index contributed by atoms with van der Waals surface area (Å²) < 4.78 is 4.93. The van der Waals surface area contributed by atoms with E-state index < -0.39 is 5.97 Å². The maximum atomic E-state index is 9.98. The molecule has 4 nitrogen and oxygen atoms in total. The molecule has 1 heterocycles. The highest BCUT2D eigenvalue weighted by molar-refractivity contribution is 5.79. The van der Waals surface area contributed by atoms with Crippen molar-refractivity contribution in [3.63, 3.8) is 0 Å². The zero-order valence-corrected chi connectivity index (χ0v) is 6.90. The molecule has 68 valence electrons. The fourth-order valence-corrected chi connectivity index (χ4v) is 0.840. The Hall–Kier alpha value is -1.03. The van der Waals surface area contributed by atoms with Gasteiger partial charge in [0.2, 0.25) is 0 Å². The van der Waals surface area contributed by atoms with Crippen molar-refractivity contribution in [2.75, 3.05) is 26.2 Å². The Kier molecular flexibility index (Phi) is 3.60. The minimum Gasteiger partial charge on any atom is -0.501 e. The summed E-state index contributed by atoms with van der Waals surface area (Å²) in [6, 6.07) is 0. The summed E-state index contributed by atoms with van der Waals surface area (Å²) in [5.41, 5.74) is 0. The quantitative estimate of drug-likeness (QED) is 0.270. The lowest BCUT2D eigenvalue weighted by Gasteiger charge is -1.99. The lowest BCUT2D eigenvalue weighted by molar-refractivity contribution is -0.131. The second kappa shape index (κ2) is 4.77. The summed E-state index contributed by atoms with van der Waals surface area (Å²) in [5, 5.41) is 8.19. The van der Waals surface area contributed by atoms with Crippen molar-refractivity contribution < 1.29 is 14.6 Å². The summed E-state index contributed by atoms with van der Waals surface area (Å²) in [6.45, 7) is 4.05. The molecule has 1 aliphatic rings. The first-order valence-corrected chi connectivity index (χ1v) is 4.02. The van der Waals surface area contributed by atoms with Gasteiger partial charge in [0.15, 0.2) is 0 Å². The summed E-state index contributed by atoms with van der Waals surface area (Å²) in [7, 11) is 0. The van der Waals surface area contributed by atoms with Crippen molar-refractivity contribution in [2.24, 2.45) is 0 Å². The highest BCUT2D eigenvalue weighted by Crippen LogP contribution is 2.03. The smallest absolute Gasteiger partial charge is 0.331 e. The average Bonchev–Trinajstić information content (AvgIpc) is 2.79. The van der Waals surface area contributed by atoms with E-state index in [0.717, 1.165) is 19.0 Å². The molecule has 0 aromatic rings. The standard InChI is InChI=1S/C8H13NO3/c10-8(11)2-7-12-6-1-3-9-4-5-9/h2,7H,1,3-6H2,(H,10,11). The number of nitrogens with zero attached hydrogens (tertiary/aromatic N) is 1. The molecule has 0 bridgehead atoms. The van der Waals surface area contributed by atoms with Crippen molar-refractivity contribution in [3.8, 4) is 0 Å². The number of carbonyl (C=O) groups is 1. The van der Waals surface area contributed by atoms with E-state index in [4.69, 9.17) is 9.84 Å². The Morgan fingerprint density at radius 3 is 2.92 bits per heavy atom. The highest BCUT2D eigenvalue weighted by atomic mass is 16.5. The fraction of sp³-hybridized carbons (Fsp3) is 0.625. The largest absolute Gasteiger partial charge is 0.501 e. The minimum atomic E-state index is -0.971. The maximum Gasteiger partial charge on any atom is 0.331 e. The molecule has 1 N–H and O–H groups in total. The summed E-state index contributed by atoms with van der Waals surface area (Å²) >= 11 is 0. The van der Waals surface area contributed by atoms with Crippen LogP contribution in [0, 0.1) is 0 Å². The van der Waals surface area contributed by atoms with Crippen LogP contribution < -0.4 is 0 Å². The SMILES string of the molecule is O=C(O)C=COCCCN1CC1. The minimum absolute atomic E-state index is 0.597. The van der Waals surface area contributed by atoms with Crippen LogP contribution in [-0.2, 0) is 9.53 Å². The normalized spacial score (nSPS) is 16.7. The van der Waals surface area contributed by atoms with Gasteiger partial charge in [0, 0.05) is 19.6 Å². The molecule has 12 heavy (non-hydrogen) atoms. The van der Waals surface area contributed by atoms with Gasteiger partial charge in [-0.2, -0.15) is 0 Å². The van der Waals surface area contributed by atoms with Crippen LogP contribution in [0.25, 0.3) is 0 Å². The van der Waals surface area contributed by atoms with Crippen LogP contribution in [0.2, 0.25) is 0 Å². The molecule has 0 spiro atoms. The summed E-state index contributed by atoms with van der Waals surface area (Å²) in [5.74, 6) is -0.971. The molecule has 1 fully saturated rings. The molecule has 0 radical (unpaired) electrons. The first-order valence-electron chi connectivity index (χ1n) is 4.02. The number of hydrogen-bond acceptors (Lipinski definition) is 3. The molecule has 1 saturated heterocycles.